The van der Waals surface area contributed by atoms with Crippen LogP contribution in [0.15, 0.2) is 72.8 Å². The molecule has 0 radical (unpaired) electrons. The molecule has 0 aliphatic heterocycles. The Bertz CT molecular complexity index is 1040. The smallest absolute Gasteiger partial charge is 0.214 e. The van der Waals surface area contributed by atoms with Crippen molar-refractivity contribution in [1.29, 1.82) is 0 Å². The van der Waals surface area contributed by atoms with Gasteiger partial charge in [0, 0.05) is 6.07 Å². The summed E-state index contributed by atoms with van der Waals surface area (Å²) in [5.41, 5.74) is 3.07. The lowest BCUT2D eigenvalue weighted by Gasteiger charge is -2.07. The SMILES string of the molecule is COc1cccc(-n2c(C=Cc3ccccc3)nc3ccccc32)n1. The first-order chi connectivity index (χ1) is 12.3. The van der Waals surface area contributed by atoms with Crippen LogP contribution in [0.5, 0.6) is 5.88 Å². The van der Waals surface area contributed by atoms with Crippen LogP contribution >= 0.6 is 0 Å². The Morgan fingerprint density at radius 1 is 0.800 bits per heavy atom. The van der Waals surface area contributed by atoms with E-state index in [0.717, 1.165) is 28.2 Å². The number of ether oxygens (including phenoxy) is 1. The minimum Gasteiger partial charge on any atom is -0.481 e. The maximum Gasteiger partial charge on any atom is 0.214 e. The van der Waals surface area contributed by atoms with E-state index in [1.165, 1.54) is 0 Å². The number of fused-ring (bicyclic) bond motifs is 1. The van der Waals surface area contributed by atoms with Gasteiger partial charge in [-0.25, -0.2) is 4.98 Å². The highest BCUT2D eigenvalue weighted by Crippen LogP contribution is 2.23. The number of methoxy groups -OCH3 is 1. The van der Waals surface area contributed by atoms with Crippen LogP contribution < -0.4 is 4.74 Å². The minimum atomic E-state index is 0.577. The number of nitrogens with zero attached hydrogens (tertiary/aromatic N) is 3. The van der Waals surface area contributed by atoms with Gasteiger partial charge in [0.05, 0.1) is 18.1 Å². The Labute approximate surface area is 146 Å². The number of aromatic nitrogens is 3. The number of rotatable bonds is 4. The Hall–Kier alpha value is -3.40. The molecule has 0 aliphatic rings. The first kappa shape index (κ1) is 15.1. The largest absolute Gasteiger partial charge is 0.481 e. The predicted octanol–water partition coefficient (Wildman–Crippen LogP) is 4.60. The second-order valence-electron chi connectivity index (χ2n) is 5.58. The molecule has 0 aliphatic carbocycles. The van der Waals surface area contributed by atoms with Crippen molar-refractivity contribution in [3.05, 3.63) is 84.2 Å². The Balaban J connectivity index is 1.87. The molecule has 0 fully saturated rings. The van der Waals surface area contributed by atoms with Crippen molar-refractivity contribution < 1.29 is 4.74 Å². The fourth-order valence-corrected chi connectivity index (χ4v) is 2.77. The molecule has 0 N–H and O–H groups in total. The average molecular weight is 327 g/mol. The quantitative estimate of drug-likeness (QED) is 0.550. The molecular weight excluding hydrogens is 310 g/mol. The van der Waals surface area contributed by atoms with E-state index in [9.17, 15) is 0 Å². The van der Waals surface area contributed by atoms with Gasteiger partial charge in [-0.3, -0.25) is 4.57 Å². The fraction of sp³-hybridized carbons (Fsp3) is 0.0476. The number of hydrogen-bond acceptors (Lipinski definition) is 3. The lowest BCUT2D eigenvalue weighted by Crippen LogP contribution is -2.01. The molecule has 4 rings (SSSR count). The summed E-state index contributed by atoms with van der Waals surface area (Å²) in [6.07, 6.45) is 4.06. The zero-order valence-corrected chi connectivity index (χ0v) is 13.8. The van der Waals surface area contributed by atoms with Gasteiger partial charge in [0.2, 0.25) is 5.88 Å². The second kappa shape index (κ2) is 6.61. The summed E-state index contributed by atoms with van der Waals surface area (Å²) in [5.74, 6) is 2.18. The number of hydrogen-bond donors (Lipinski definition) is 0. The van der Waals surface area contributed by atoms with Crippen molar-refractivity contribution in [1.82, 2.24) is 14.5 Å². The van der Waals surface area contributed by atoms with Crippen LogP contribution in [-0.2, 0) is 0 Å². The predicted molar refractivity (Wildman–Crippen MR) is 101 cm³/mol. The van der Waals surface area contributed by atoms with Crippen molar-refractivity contribution in [2.75, 3.05) is 7.11 Å². The summed E-state index contributed by atoms with van der Waals surface area (Å²) in [4.78, 5) is 9.32. The number of imidazole rings is 1. The molecule has 2 heterocycles. The summed E-state index contributed by atoms with van der Waals surface area (Å²) in [6.45, 7) is 0. The number of pyridine rings is 1. The highest BCUT2D eigenvalue weighted by Gasteiger charge is 2.11. The molecule has 122 valence electrons. The van der Waals surface area contributed by atoms with Crippen LogP contribution in [0.2, 0.25) is 0 Å². The molecular formula is C21H17N3O. The van der Waals surface area contributed by atoms with Gasteiger partial charge >= 0.3 is 0 Å². The molecule has 2 aromatic carbocycles. The van der Waals surface area contributed by atoms with Gasteiger partial charge in [0.15, 0.2) is 0 Å². The van der Waals surface area contributed by atoms with E-state index in [1.807, 2.05) is 71.3 Å². The van der Waals surface area contributed by atoms with E-state index in [-0.39, 0.29) is 0 Å². The summed E-state index contributed by atoms with van der Waals surface area (Å²) < 4.78 is 7.31. The normalized spacial score (nSPS) is 11.2. The van der Waals surface area contributed by atoms with Gasteiger partial charge in [-0.1, -0.05) is 54.6 Å². The van der Waals surface area contributed by atoms with Gasteiger partial charge in [-0.15, -0.1) is 0 Å². The van der Waals surface area contributed by atoms with Crippen LogP contribution in [0.1, 0.15) is 11.4 Å². The molecule has 0 saturated heterocycles. The first-order valence-electron chi connectivity index (χ1n) is 8.07. The van der Waals surface area contributed by atoms with Crippen molar-refractivity contribution in [3.8, 4) is 11.7 Å². The molecule has 0 atom stereocenters. The molecule has 0 amide bonds. The lowest BCUT2D eigenvalue weighted by atomic mass is 10.2. The highest BCUT2D eigenvalue weighted by atomic mass is 16.5. The van der Waals surface area contributed by atoms with Crippen LogP contribution in [0.3, 0.4) is 0 Å². The van der Waals surface area contributed by atoms with E-state index in [0.29, 0.717) is 5.88 Å². The highest BCUT2D eigenvalue weighted by molar-refractivity contribution is 5.81. The zero-order chi connectivity index (χ0) is 17.1. The summed E-state index contributed by atoms with van der Waals surface area (Å²) in [5, 5.41) is 0. The van der Waals surface area contributed by atoms with Gasteiger partial charge in [0.25, 0.3) is 0 Å². The van der Waals surface area contributed by atoms with E-state index >= 15 is 0 Å². The van der Waals surface area contributed by atoms with Gasteiger partial charge in [0.1, 0.15) is 11.6 Å². The van der Waals surface area contributed by atoms with Crippen LogP contribution in [0.4, 0.5) is 0 Å². The van der Waals surface area contributed by atoms with Crippen LogP contribution in [-0.4, -0.2) is 21.6 Å². The maximum atomic E-state index is 5.27. The number of para-hydroxylation sites is 2. The summed E-state index contributed by atoms with van der Waals surface area (Å²) in [6, 6.07) is 23.9. The number of benzene rings is 2. The molecule has 4 heteroatoms. The molecule has 0 bridgehead atoms. The molecule has 25 heavy (non-hydrogen) atoms. The molecule has 4 aromatic rings. The molecule has 0 spiro atoms. The van der Waals surface area contributed by atoms with E-state index in [4.69, 9.17) is 9.72 Å². The van der Waals surface area contributed by atoms with Crippen LogP contribution in [0, 0.1) is 0 Å². The van der Waals surface area contributed by atoms with Crippen molar-refractivity contribution in [2.45, 2.75) is 0 Å². The lowest BCUT2D eigenvalue weighted by molar-refractivity contribution is 0.397. The monoisotopic (exact) mass is 327 g/mol. The molecule has 4 nitrogen and oxygen atoms in total. The first-order valence-corrected chi connectivity index (χ1v) is 8.07. The van der Waals surface area contributed by atoms with Gasteiger partial charge in [-0.05, 0) is 29.8 Å². The molecule has 0 saturated carbocycles. The third kappa shape index (κ3) is 3.02. The van der Waals surface area contributed by atoms with Gasteiger partial charge < -0.3 is 4.74 Å². The minimum absolute atomic E-state index is 0.577. The standard InChI is InChI=1S/C21H17N3O/c1-25-21-13-7-12-19(23-21)24-18-11-6-5-10-17(18)22-20(24)15-14-16-8-3-2-4-9-16/h2-15H,1H3. The molecule has 0 unspecified atom stereocenters. The van der Waals surface area contributed by atoms with Crippen molar-refractivity contribution >= 4 is 23.2 Å². The Kier molecular flexibility index (Phi) is 4.01. The van der Waals surface area contributed by atoms with Crippen molar-refractivity contribution in [3.63, 3.8) is 0 Å². The average Bonchev–Trinajstić information content (AvgIpc) is 3.05. The molecule has 2 aromatic heterocycles. The Morgan fingerprint density at radius 3 is 2.44 bits per heavy atom. The third-order valence-electron chi connectivity index (χ3n) is 3.96. The van der Waals surface area contributed by atoms with Crippen molar-refractivity contribution in [2.24, 2.45) is 0 Å². The fourth-order valence-electron chi connectivity index (χ4n) is 2.77. The topological polar surface area (TPSA) is 39.9 Å². The Morgan fingerprint density at radius 2 is 1.60 bits per heavy atom. The summed E-state index contributed by atoms with van der Waals surface area (Å²) in [7, 11) is 1.62. The zero-order valence-electron chi connectivity index (χ0n) is 13.8. The van der Waals surface area contributed by atoms with E-state index < -0.39 is 0 Å². The van der Waals surface area contributed by atoms with Crippen LogP contribution in [0.25, 0.3) is 29.0 Å². The second-order valence-corrected chi connectivity index (χ2v) is 5.58. The maximum absolute atomic E-state index is 5.27. The third-order valence-corrected chi connectivity index (χ3v) is 3.96. The van der Waals surface area contributed by atoms with E-state index in [1.54, 1.807) is 7.11 Å². The van der Waals surface area contributed by atoms with Gasteiger partial charge in [-0.2, -0.15) is 4.98 Å². The summed E-state index contributed by atoms with van der Waals surface area (Å²) >= 11 is 0. The van der Waals surface area contributed by atoms with E-state index in [2.05, 4.69) is 23.2 Å².